The summed E-state index contributed by atoms with van der Waals surface area (Å²) in [7, 11) is 1.58. The van der Waals surface area contributed by atoms with Crippen molar-refractivity contribution in [1.29, 1.82) is 0 Å². The van der Waals surface area contributed by atoms with Gasteiger partial charge in [0.1, 0.15) is 11.5 Å². The normalized spacial score (nSPS) is 10.5. The van der Waals surface area contributed by atoms with Crippen molar-refractivity contribution in [2.75, 3.05) is 19.0 Å². The van der Waals surface area contributed by atoms with Crippen molar-refractivity contribution in [2.24, 2.45) is 5.10 Å². The lowest BCUT2D eigenvalue weighted by Crippen LogP contribution is -2.20. The summed E-state index contributed by atoms with van der Waals surface area (Å²) in [4.78, 5) is 24.1. The van der Waals surface area contributed by atoms with Crippen LogP contribution in [0.4, 0.5) is 5.69 Å². The number of anilines is 1. The number of rotatable bonds is 8. The zero-order chi connectivity index (χ0) is 22.1. The SMILES string of the molecule is COc1ccc(NC(=O)COc2ccc(/C=N\NC(=O)c3ccccc3Br)cc2)cc1. The molecule has 2 N–H and O–H groups in total. The van der Waals surface area contributed by atoms with Crippen molar-refractivity contribution in [3.63, 3.8) is 0 Å². The van der Waals surface area contributed by atoms with E-state index in [4.69, 9.17) is 9.47 Å². The molecule has 0 aliphatic heterocycles. The summed E-state index contributed by atoms with van der Waals surface area (Å²) >= 11 is 3.33. The van der Waals surface area contributed by atoms with Crippen LogP contribution in [0.25, 0.3) is 0 Å². The van der Waals surface area contributed by atoms with Gasteiger partial charge in [-0.1, -0.05) is 12.1 Å². The van der Waals surface area contributed by atoms with Crippen LogP contribution in [0.1, 0.15) is 15.9 Å². The predicted octanol–water partition coefficient (Wildman–Crippen LogP) is 4.24. The number of hydrazone groups is 1. The second kappa shape index (κ2) is 10.9. The minimum absolute atomic E-state index is 0.124. The van der Waals surface area contributed by atoms with Gasteiger partial charge in [-0.05, 0) is 82.2 Å². The number of hydrogen-bond acceptors (Lipinski definition) is 5. The number of nitrogens with one attached hydrogen (secondary N) is 2. The molecule has 31 heavy (non-hydrogen) atoms. The zero-order valence-corrected chi connectivity index (χ0v) is 18.3. The zero-order valence-electron chi connectivity index (χ0n) is 16.7. The van der Waals surface area contributed by atoms with Crippen molar-refractivity contribution in [1.82, 2.24) is 5.43 Å². The summed E-state index contributed by atoms with van der Waals surface area (Å²) < 4.78 is 11.3. The lowest BCUT2D eigenvalue weighted by Gasteiger charge is -2.08. The molecule has 3 rings (SSSR count). The van der Waals surface area contributed by atoms with Crippen LogP contribution in [0.15, 0.2) is 82.4 Å². The molecule has 3 aromatic rings. The molecule has 0 fully saturated rings. The van der Waals surface area contributed by atoms with Crippen LogP contribution in [0.3, 0.4) is 0 Å². The lowest BCUT2D eigenvalue weighted by molar-refractivity contribution is -0.118. The number of nitrogens with zero attached hydrogens (tertiary/aromatic N) is 1. The van der Waals surface area contributed by atoms with Crippen molar-refractivity contribution in [3.05, 3.63) is 88.4 Å². The number of halogens is 1. The topological polar surface area (TPSA) is 89.0 Å². The fourth-order valence-corrected chi connectivity index (χ4v) is 3.01. The van der Waals surface area contributed by atoms with Gasteiger partial charge in [-0.2, -0.15) is 5.10 Å². The molecular weight excluding hydrogens is 462 g/mol. The summed E-state index contributed by atoms with van der Waals surface area (Å²) in [5.41, 5.74) is 4.40. The van der Waals surface area contributed by atoms with Gasteiger partial charge in [0.2, 0.25) is 0 Å². The molecule has 0 saturated carbocycles. The van der Waals surface area contributed by atoms with E-state index in [0.29, 0.717) is 27.2 Å². The fourth-order valence-electron chi connectivity index (χ4n) is 2.54. The largest absolute Gasteiger partial charge is 0.497 e. The van der Waals surface area contributed by atoms with Gasteiger partial charge in [0.05, 0.1) is 18.9 Å². The average Bonchev–Trinajstić information content (AvgIpc) is 2.79. The van der Waals surface area contributed by atoms with E-state index in [9.17, 15) is 9.59 Å². The quantitative estimate of drug-likeness (QED) is 0.372. The van der Waals surface area contributed by atoms with Crippen LogP contribution in [0, 0.1) is 0 Å². The number of benzene rings is 3. The third-order valence-electron chi connectivity index (χ3n) is 4.12. The first-order chi connectivity index (χ1) is 15.0. The van der Waals surface area contributed by atoms with Crippen LogP contribution in [-0.4, -0.2) is 31.7 Å². The fraction of sp³-hybridized carbons (Fsp3) is 0.0870. The molecular formula is C23H20BrN3O4. The maximum absolute atomic E-state index is 12.1. The summed E-state index contributed by atoms with van der Waals surface area (Å²) in [5, 5.41) is 6.71. The second-order valence-electron chi connectivity index (χ2n) is 6.31. The standard InChI is InChI=1S/C23H20BrN3O4/c1-30-18-12-8-17(9-13-18)26-22(28)15-31-19-10-6-16(7-11-19)14-25-27-23(29)20-4-2-3-5-21(20)24/h2-14H,15H2,1H3,(H,26,28)(H,27,29)/b25-14-. The predicted molar refractivity (Wildman–Crippen MR) is 123 cm³/mol. The molecule has 0 heterocycles. The van der Waals surface area contributed by atoms with Crippen molar-refractivity contribution in [2.45, 2.75) is 0 Å². The van der Waals surface area contributed by atoms with Gasteiger partial charge >= 0.3 is 0 Å². The Hall–Kier alpha value is -3.65. The number of ether oxygens (including phenoxy) is 2. The minimum Gasteiger partial charge on any atom is -0.497 e. The van der Waals surface area contributed by atoms with E-state index in [1.165, 1.54) is 6.21 Å². The van der Waals surface area contributed by atoms with Gasteiger partial charge in [-0.25, -0.2) is 5.43 Å². The lowest BCUT2D eigenvalue weighted by atomic mass is 10.2. The summed E-state index contributed by atoms with van der Waals surface area (Å²) in [5.74, 6) is 0.668. The first kappa shape index (κ1) is 22.0. The molecule has 0 atom stereocenters. The monoisotopic (exact) mass is 481 g/mol. The van der Waals surface area contributed by atoms with Crippen molar-refractivity contribution < 1.29 is 19.1 Å². The number of hydrogen-bond donors (Lipinski definition) is 2. The molecule has 0 unspecified atom stereocenters. The first-order valence-corrected chi connectivity index (χ1v) is 10.1. The molecule has 3 aromatic carbocycles. The Bertz CT molecular complexity index is 1070. The van der Waals surface area contributed by atoms with Gasteiger partial charge in [0, 0.05) is 10.2 Å². The number of methoxy groups -OCH3 is 1. The average molecular weight is 482 g/mol. The Labute approximate surface area is 188 Å². The molecule has 158 valence electrons. The summed E-state index contributed by atoms with van der Waals surface area (Å²) in [6, 6.07) is 21.1. The van der Waals surface area contributed by atoms with Crippen molar-refractivity contribution >= 4 is 39.6 Å². The second-order valence-corrected chi connectivity index (χ2v) is 7.17. The number of carbonyl (C=O) groups excluding carboxylic acids is 2. The third kappa shape index (κ3) is 6.68. The van der Waals surface area contributed by atoms with E-state index >= 15 is 0 Å². The maximum Gasteiger partial charge on any atom is 0.272 e. The maximum atomic E-state index is 12.1. The Kier molecular flexibility index (Phi) is 7.78. The highest BCUT2D eigenvalue weighted by Crippen LogP contribution is 2.16. The van der Waals surface area contributed by atoms with Gasteiger partial charge in [-0.3, -0.25) is 9.59 Å². The molecule has 0 aromatic heterocycles. The molecule has 0 aliphatic rings. The molecule has 8 heteroatoms. The highest BCUT2D eigenvalue weighted by atomic mass is 79.9. The Balaban J connectivity index is 1.46. The van der Waals surface area contributed by atoms with Crippen LogP contribution >= 0.6 is 15.9 Å². The number of carbonyl (C=O) groups is 2. The first-order valence-electron chi connectivity index (χ1n) is 9.30. The molecule has 0 saturated heterocycles. The van der Waals surface area contributed by atoms with Crippen LogP contribution in [0.2, 0.25) is 0 Å². The van der Waals surface area contributed by atoms with Gasteiger partial charge in [-0.15, -0.1) is 0 Å². The van der Waals surface area contributed by atoms with E-state index in [2.05, 4.69) is 31.8 Å². The highest BCUT2D eigenvalue weighted by molar-refractivity contribution is 9.10. The highest BCUT2D eigenvalue weighted by Gasteiger charge is 2.07. The summed E-state index contributed by atoms with van der Waals surface area (Å²) in [6.45, 7) is -0.124. The van der Waals surface area contributed by atoms with Crippen LogP contribution < -0.4 is 20.2 Å². The Morgan fingerprint density at radius 1 is 0.968 bits per heavy atom. The van der Waals surface area contributed by atoms with E-state index in [0.717, 1.165) is 5.56 Å². The Morgan fingerprint density at radius 3 is 2.32 bits per heavy atom. The van der Waals surface area contributed by atoms with E-state index < -0.39 is 0 Å². The molecule has 0 aliphatic carbocycles. The molecule has 2 amide bonds. The van der Waals surface area contributed by atoms with Crippen molar-refractivity contribution in [3.8, 4) is 11.5 Å². The molecule has 7 nitrogen and oxygen atoms in total. The van der Waals surface area contributed by atoms with E-state index in [1.807, 2.05) is 6.07 Å². The molecule has 0 radical (unpaired) electrons. The smallest absolute Gasteiger partial charge is 0.272 e. The molecule has 0 spiro atoms. The van der Waals surface area contributed by atoms with Gasteiger partial charge < -0.3 is 14.8 Å². The summed E-state index contributed by atoms with van der Waals surface area (Å²) in [6.07, 6.45) is 1.52. The Morgan fingerprint density at radius 2 is 1.65 bits per heavy atom. The van der Waals surface area contributed by atoms with Gasteiger partial charge in [0.15, 0.2) is 6.61 Å². The molecule has 0 bridgehead atoms. The van der Waals surface area contributed by atoms with E-state index in [1.54, 1.807) is 73.8 Å². The van der Waals surface area contributed by atoms with E-state index in [-0.39, 0.29) is 18.4 Å². The van der Waals surface area contributed by atoms with Crippen LogP contribution in [-0.2, 0) is 4.79 Å². The minimum atomic E-state index is -0.313. The van der Waals surface area contributed by atoms with Gasteiger partial charge in [0.25, 0.3) is 11.8 Å². The number of amides is 2. The third-order valence-corrected chi connectivity index (χ3v) is 4.81. The van der Waals surface area contributed by atoms with Crippen LogP contribution in [0.5, 0.6) is 11.5 Å².